The highest BCUT2D eigenvalue weighted by atomic mass is 15.0. The van der Waals surface area contributed by atoms with Crippen molar-refractivity contribution in [3.05, 3.63) is 133 Å². The molecule has 6 aromatic carbocycles. The van der Waals surface area contributed by atoms with Gasteiger partial charge < -0.3 is 9.13 Å². The first-order chi connectivity index (χ1) is 17.9. The van der Waals surface area contributed by atoms with Crippen LogP contribution in [0.2, 0.25) is 0 Å². The van der Waals surface area contributed by atoms with Gasteiger partial charge in [-0.05, 0) is 47.9 Å². The largest absolute Gasteiger partial charge is 0.309 e. The summed E-state index contributed by atoms with van der Waals surface area (Å²) >= 11 is 0. The SMILES string of the molecule is c1ccc(-n2c3ccccc3c3c4c5ccccc5n(-c5cccc6ccccc56)c4ccc32)cc1. The van der Waals surface area contributed by atoms with Crippen LogP contribution >= 0.6 is 0 Å². The van der Waals surface area contributed by atoms with Gasteiger partial charge in [-0.1, -0.05) is 91.0 Å². The zero-order chi connectivity index (χ0) is 23.6. The second-order valence-corrected chi connectivity index (χ2v) is 9.39. The molecule has 0 N–H and O–H groups in total. The maximum Gasteiger partial charge on any atom is 0.0549 e. The van der Waals surface area contributed by atoms with Gasteiger partial charge >= 0.3 is 0 Å². The lowest BCUT2D eigenvalue weighted by Crippen LogP contribution is -1.95. The van der Waals surface area contributed by atoms with Gasteiger partial charge in [0.15, 0.2) is 0 Å². The first-order valence-electron chi connectivity index (χ1n) is 12.4. The number of benzene rings is 6. The van der Waals surface area contributed by atoms with Gasteiger partial charge in [0.1, 0.15) is 0 Å². The Kier molecular flexibility index (Phi) is 3.97. The number of fused-ring (bicyclic) bond motifs is 8. The van der Waals surface area contributed by atoms with Crippen molar-refractivity contribution in [3.8, 4) is 11.4 Å². The molecule has 0 saturated heterocycles. The number of hydrogen-bond acceptors (Lipinski definition) is 0. The summed E-state index contributed by atoms with van der Waals surface area (Å²) in [7, 11) is 0. The molecule has 0 radical (unpaired) electrons. The third-order valence-electron chi connectivity index (χ3n) is 7.49. The number of hydrogen-bond donors (Lipinski definition) is 0. The molecule has 168 valence electrons. The van der Waals surface area contributed by atoms with Gasteiger partial charge in [0, 0.05) is 32.6 Å². The summed E-state index contributed by atoms with van der Waals surface area (Å²) in [4.78, 5) is 0. The number of rotatable bonds is 2. The van der Waals surface area contributed by atoms with E-state index >= 15 is 0 Å². The van der Waals surface area contributed by atoms with E-state index in [1.165, 1.54) is 65.8 Å². The average Bonchev–Trinajstić information content (AvgIpc) is 3.46. The van der Waals surface area contributed by atoms with E-state index in [0.29, 0.717) is 0 Å². The third kappa shape index (κ3) is 2.56. The van der Waals surface area contributed by atoms with Crippen LogP contribution in [0, 0.1) is 0 Å². The predicted molar refractivity (Wildman–Crippen MR) is 153 cm³/mol. The molecule has 0 aliphatic heterocycles. The quantitative estimate of drug-likeness (QED) is 0.244. The molecule has 36 heavy (non-hydrogen) atoms. The number of nitrogens with zero attached hydrogens (tertiary/aromatic N) is 2. The van der Waals surface area contributed by atoms with Crippen molar-refractivity contribution in [1.29, 1.82) is 0 Å². The summed E-state index contributed by atoms with van der Waals surface area (Å²) in [5.74, 6) is 0. The van der Waals surface area contributed by atoms with E-state index in [9.17, 15) is 0 Å². The number of aromatic nitrogens is 2. The second kappa shape index (κ2) is 7.34. The summed E-state index contributed by atoms with van der Waals surface area (Å²) < 4.78 is 4.84. The molecule has 2 heteroatoms. The Morgan fingerprint density at radius 1 is 0.333 bits per heavy atom. The molecule has 0 spiro atoms. The molecule has 2 nitrogen and oxygen atoms in total. The van der Waals surface area contributed by atoms with Crippen LogP contribution in [0.15, 0.2) is 133 Å². The third-order valence-corrected chi connectivity index (χ3v) is 7.49. The molecule has 0 bridgehead atoms. The average molecular weight is 459 g/mol. The molecule has 8 aromatic rings. The van der Waals surface area contributed by atoms with Crippen LogP contribution in [0.4, 0.5) is 0 Å². The fourth-order valence-corrected chi connectivity index (χ4v) is 6.04. The van der Waals surface area contributed by atoms with E-state index in [2.05, 4.69) is 143 Å². The molecule has 0 atom stereocenters. The Bertz CT molecular complexity index is 2090. The Morgan fingerprint density at radius 2 is 0.861 bits per heavy atom. The normalized spacial score (nSPS) is 11.9. The van der Waals surface area contributed by atoms with Crippen molar-refractivity contribution in [2.75, 3.05) is 0 Å². The van der Waals surface area contributed by atoms with Crippen molar-refractivity contribution in [2.45, 2.75) is 0 Å². The first kappa shape index (κ1) is 19.5. The van der Waals surface area contributed by atoms with Crippen LogP contribution < -0.4 is 0 Å². The van der Waals surface area contributed by atoms with E-state index in [1.54, 1.807) is 0 Å². The monoisotopic (exact) mass is 458 g/mol. The summed E-state index contributed by atoms with van der Waals surface area (Å²) in [6.07, 6.45) is 0. The molecular weight excluding hydrogens is 436 g/mol. The Morgan fingerprint density at radius 3 is 1.58 bits per heavy atom. The Labute approximate surface area is 208 Å². The highest BCUT2D eigenvalue weighted by molar-refractivity contribution is 6.29. The van der Waals surface area contributed by atoms with E-state index in [0.717, 1.165) is 0 Å². The van der Waals surface area contributed by atoms with Crippen LogP contribution in [-0.2, 0) is 0 Å². The molecule has 0 unspecified atom stereocenters. The van der Waals surface area contributed by atoms with Gasteiger partial charge in [0.25, 0.3) is 0 Å². The molecule has 0 saturated carbocycles. The van der Waals surface area contributed by atoms with Crippen molar-refractivity contribution < 1.29 is 0 Å². The molecule has 8 rings (SSSR count). The van der Waals surface area contributed by atoms with Crippen molar-refractivity contribution >= 4 is 54.4 Å². The molecule has 0 amide bonds. The van der Waals surface area contributed by atoms with Crippen LogP contribution in [-0.4, -0.2) is 9.13 Å². The number of para-hydroxylation sites is 3. The molecule has 2 aromatic heterocycles. The fraction of sp³-hybridized carbons (Fsp3) is 0. The lowest BCUT2D eigenvalue weighted by Gasteiger charge is -2.12. The molecule has 0 aliphatic carbocycles. The van der Waals surface area contributed by atoms with Crippen LogP contribution in [0.1, 0.15) is 0 Å². The minimum Gasteiger partial charge on any atom is -0.309 e. The van der Waals surface area contributed by atoms with Crippen molar-refractivity contribution in [1.82, 2.24) is 9.13 Å². The zero-order valence-electron chi connectivity index (χ0n) is 19.6. The zero-order valence-corrected chi connectivity index (χ0v) is 19.6. The predicted octanol–water partition coefficient (Wildman–Crippen LogP) is 9.03. The highest BCUT2D eigenvalue weighted by Crippen LogP contribution is 2.42. The van der Waals surface area contributed by atoms with E-state index in [-0.39, 0.29) is 0 Å². The van der Waals surface area contributed by atoms with Gasteiger partial charge in [-0.25, -0.2) is 0 Å². The molecule has 0 fully saturated rings. The second-order valence-electron chi connectivity index (χ2n) is 9.39. The maximum atomic E-state index is 2.45. The van der Waals surface area contributed by atoms with Gasteiger partial charge in [0.2, 0.25) is 0 Å². The lowest BCUT2D eigenvalue weighted by atomic mass is 10.1. The summed E-state index contributed by atoms with van der Waals surface area (Å²) in [6, 6.07) is 48.2. The summed E-state index contributed by atoms with van der Waals surface area (Å²) in [6.45, 7) is 0. The van der Waals surface area contributed by atoms with Gasteiger partial charge in [-0.15, -0.1) is 0 Å². The Balaban J connectivity index is 1.61. The lowest BCUT2D eigenvalue weighted by molar-refractivity contribution is 1.18. The van der Waals surface area contributed by atoms with E-state index in [1.807, 2.05) is 0 Å². The first-order valence-corrected chi connectivity index (χ1v) is 12.4. The van der Waals surface area contributed by atoms with Crippen molar-refractivity contribution in [3.63, 3.8) is 0 Å². The maximum absolute atomic E-state index is 2.45. The van der Waals surface area contributed by atoms with Gasteiger partial charge in [0.05, 0.1) is 27.8 Å². The molecule has 0 aliphatic rings. The minimum absolute atomic E-state index is 1.18. The van der Waals surface area contributed by atoms with Gasteiger partial charge in [-0.2, -0.15) is 0 Å². The molecule has 2 heterocycles. The Hall–Kier alpha value is -4.82. The van der Waals surface area contributed by atoms with E-state index in [4.69, 9.17) is 0 Å². The topological polar surface area (TPSA) is 9.86 Å². The van der Waals surface area contributed by atoms with Crippen molar-refractivity contribution in [2.24, 2.45) is 0 Å². The smallest absolute Gasteiger partial charge is 0.0549 e. The van der Waals surface area contributed by atoms with Crippen LogP contribution in [0.3, 0.4) is 0 Å². The fourth-order valence-electron chi connectivity index (χ4n) is 6.04. The van der Waals surface area contributed by atoms with Crippen LogP contribution in [0.5, 0.6) is 0 Å². The molecular formula is C34H22N2. The van der Waals surface area contributed by atoms with Crippen LogP contribution in [0.25, 0.3) is 65.8 Å². The standard InChI is InChI=1S/C34H22N2/c1-2-13-24(14-3-1)35-29-18-8-6-16-26(29)33-31(35)21-22-32-34(33)27-17-7-9-19-30(27)36(32)28-20-10-12-23-11-4-5-15-25(23)28/h1-22H. The van der Waals surface area contributed by atoms with Gasteiger partial charge in [-0.3, -0.25) is 0 Å². The minimum atomic E-state index is 1.18. The summed E-state index contributed by atoms with van der Waals surface area (Å²) in [5, 5.41) is 7.69. The summed E-state index contributed by atoms with van der Waals surface area (Å²) in [5.41, 5.74) is 7.32. The van der Waals surface area contributed by atoms with E-state index < -0.39 is 0 Å². The highest BCUT2D eigenvalue weighted by Gasteiger charge is 2.20.